The molecule has 2 heterocycles. The monoisotopic (exact) mass is 457 g/mol. The van der Waals surface area contributed by atoms with E-state index in [2.05, 4.69) is 4.90 Å². The van der Waals surface area contributed by atoms with E-state index >= 15 is 0 Å². The summed E-state index contributed by atoms with van der Waals surface area (Å²) in [5.41, 5.74) is 1.55. The van der Waals surface area contributed by atoms with Gasteiger partial charge in [-0.15, -0.1) is 11.8 Å². The molecule has 0 N–H and O–H groups in total. The molecule has 1 saturated heterocycles. The zero-order valence-corrected chi connectivity index (χ0v) is 19.5. The maximum atomic E-state index is 13.5. The zero-order valence-electron chi connectivity index (χ0n) is 17.9. The van der Waals surface area contributed by atoms with Crippen LogP contribution in [0.1, 0.15) is 17.3 Å². The third-order valence-corrected chi connectivity index (χ3v) is 7.00. The molecule has 4 rings (SSSR count). The molecule has 164 valence electrons. The summed E-state index contributed by atoms with van der Waals surface area (Å²) in [6, 6.07) is 13.7. The predicted octanol–water partition coefficient (Wildman–Crippen LogP) is 4.40. The van der Waals surface area contributed by atoms with Gasteiger partial charge in [-0.2, -0.15) is 0 Å². The highest BCUT2D eigenvalue weighted by Crippen LogP contribution is 2.32. The molecule has 1 aliphatic rings. The zero-order chi connectivity index (χ0) is 21.6. The Morgan fingerprint density at radius 3 is 2.71 bits per heavy atom. The second-order valence-electron chi connectivity index (χ2n) is 7.20. The number of amides is 1. The molecule has 1 aliphatic heterocycles. The van der Waals surface area contributed by atoms with Gasteiger partial charge >= 0.3 is 0 Å². The molecule has 8 heteroatoms. The van der Waals surface area contributed by atoms with Crippen molar-refractivity contribution in [3.05, 3.63) is 48.0 Å². The summed E-state index contributed by atoms with van der Waals surface area (Å²) in [6.45, 7) is 7.23. The number of rotatable bonds is 8. The van der Waals surface area contributed by atoms with Crippen molar-refractivity contribution in [2.24, 2.45) is 0 Å². The summed E-state index contributed by atoms with van der Waals surface area (Å²) in [5.74, 6) is 0.800. The third kappa shape index (κ3) is 5.38. The van der Waals surface area contributed by atoms with Crippen molar-refractivity contribution in [1.82, 2.24) is 9.88 Å². The summed E-state index contributed by atoms with van der Waals surface area (Å²) in [6.07, 6.45) is 2.03. The highest BCUT2D eigenvalue weighted by atomic mass is 32.2. The van der Waals surface area contributed by atoms with Gasteiger partial charge in [0.2, 0.25) is 0 Å². The molecule has 3 aromatic rings. The van der Waals surface area contributed by atoms with Crippen molar-refractivity contribution >= 4 is 44.4 Å². The SMILES string of the molecule is CCOc1ccc2nc(N(CCN3CCOCC3)C(=O)c3ccc(SC)cc3)sc2c1. The van der Waals surface area contributed by atoms with Crippen molar-refractivity contribution in [3.8, 4) is 5.75 Å². The molecule has 0 saturated carbocycles. The number of anilines is 1. The third-order valence-electron chi connectivity index (χ3n) is 5.22. The number of carbonyl (C=O) groups excluding carboxylic acids is 1. The van der Waals surface area contributed by atoms with Crippen LogP contribution in [0.5, 0.6) is 5.75 Å². The van der Waals surface area contributed by atoms with Gasteiger partial charge in [0.15, 0.2) is 5.13 Å². The van der Waals surface area contributed by atoms with E-state index in [9.17, 15) is 4.79 Å². The Morgan fingerprint density at radius 1 is 1.23 bits per heavy atom. The second kappa shape index (κ2) is 10.5. The highest BCUT2D eigenvalue weighted by Gasteiger charge is 2.23. The molecule has 0 atom stereocenters. The largest absolute Gasteiger partial charge is 0.494 e. The quantitative estimate of drug-likeness (QED) is 0.468. The lowest BCUT2D eigenvalue weighted by molar-refractivity contribution is 0.0391. The number of hydrogen-bond acceptors (Lipinski definition) is 7. The topological polar surface area (TPSA) is 54.9 Å². The van der Waals surface area contributed by atoms with Gasteiger partial charge in [0.25, 0.3) is 5.91 Å². The molecule has 1 fully saturated rings. The molecule has 0 spiro atoms. The molecule has 0 bridgehead atoms. The van der Waals surface area contributed by atoms with Crippen LogP contribution >= 0.6 is 23.1 Å². The van der Waals surface area contributed by atoms with Crippen LogP contribution in [0.15, 0.2) is 47.4 Å². The fourth-order valence-electron chi connectivity index (χ4n) is 3.50. The Morgan fingerprint density at radius 2 is 2.00 bits per heavy atom. The molecule has 6 nitrogen and oxygen atoms in total. The van der Waals surface area contributed by atoms with E-state index in [4.69, 9.17) is 14.5 Å². The van der Waals surface area contributed by atoms with Gasteiger partial charge in [0.05, 0.1) is 30.0 Å². The van der Waals surface area contributed by atoms with Crippen LogP contribution in [0, 0.1) is 0 Å². The van der Waals surface area contributed by atoms with E-state index < -0.39 is 0 Å². The Bertz CT molecular complexity index is 1020. The van der Waals surface area contributed by atoms with Crippen LogP contribution in [0.3, 0.4) is 0 Å². The second-order valence-corrected chi connectivity index (χ2v) is 9.09. The van der Waals surface area contributed by atoms with Gasteiger partial charge in [-0.1, -0.05) is 11.3 Å². The Hall–Kier alpha value is -2.13. The summed E-state index contributed by atoms with van der Waals surface area (Å²) in [5, 5.41) is 0.718. The van der Waals surface area contributed by atoms with Crippen molar-refractivity contribution < 1.29 is 14.3 Å². The molecule has 1 aromatic heterocycles. The minimum atomic E-state index is -0.0231. The molecule has 0 unspecified atom stereocenters. The fraction of sp³-hybridized carbons (Fsp3) is 0.391. The van der Waals surface area contributed by atoms with E-state index in [0.29, 0.717) is 18.7 Å². The van der Waals surface area contributed by atoms with E-state index in [-0.39, 0.29) is 5.91 Å². The van der Waals surface area contributed by atoms with Crippen LogP contribution in [0.2, 0.25) is 0 Å². The normalized spacial score (nSPS) is 14.6. The van der Waals surface area contributed by atoms with E-state index in [1.54, 1.807) is 11.8 Å². The van der Waals surface area contributed by atoms with Gasteiger partial charge < -0.3 is 9.47 Å². The van der Waals surface area contributed by atoms with Gasteiger partial charge in [-0.3, -0.25) is 14.6 Å². The lowest BCUT2D eigenvalue weighted by Crippen LogP contribution is -2.43. The predicted molar refractivity (Wildman–Crippen MR) is 128 cm³/mol. The molecule has 0 aliphatic carbocycles. The number of benzene rings is 2. The fourth-order valence-corrected chi connectivity index (χ4v) is 4.93. The maximum absolute atomic E-state index is 13.5. The van der Waals surface area contributed by atoms with Gasteiger partial charge in [0, 0.05) is 36.6 Å². The average Bonchev–Trinajstić information content (AvgIpc) is 3.23. The van der Waals surface area contributed by atoms with Crippen molar-refractivity contribution in [3.63, 3.8) is 0 Å². The van der Waals surface area contributed by atoms with Crippen molar-refractivity contribution in [1.29, 1.82) is 0 Å². The number of morpholine rings is 1. The number of ether oxygens (including phenoxy) is 2. The first-order valence-electron chi connectivity index (χ1n) is 10.5. The van der Waals surface area contributed by atoms with Crippen LogP contribution in [0.25, 0.3) is 10.2 Å². The minimum absolute atomic E-state index is 0.0231. The van der Waals surface area contributed by atoms with Crippen LogP contribution < -0.4 is 9.64 Å². The molecule has 0 radical (unpaired) electrons. The van der Waals surface area contributed by atoms with E-state index in [1.165, 1.54) is 11.3 Å². The number of aromatic nitrogens is 1. The number of thiazole rings is 1. The first-order chi connectivity index (χ1) is 15.2. The molecular formula is C23H27N3O3S2. The van der Waals surface area contributed by atoms with Crippen molar-refractivity contribution in [2.45, 2.75) is 11.8 Å². The number of fused-ring (bicyclic) bond motifs is 1. The number of nitrogens with zero attached hydrogens (tertiary/aromatic N) is 3. The molecule has 1 amide bonds. The summed E-state index contributed by atoms with van der Waals surface area (Å²) < 4.78 is 12.1. The minimum Gasteiger partial charge on any atom is -0.494 e. The van der Waals surface area contributed by atoms with Gasteiger partial charge in [-0.25, -0.2) is 4.98 Å². The highest BCUT2D eigenvalue weighted by molar-refractivity contribution is 7.98. The number of thioether (sulfide) groups is 1. The average molecular weight is 458 g/mol. The van der Waals surface area contributed by atoms with Gasteiger partial charge in [0.1, 0.15) is 5.75 Å². The first kappa shape index (κ1) is 22.1. The van der Waals surface area contributed by atoms with E-state index in [0.717, 1.165) is 58.8 Å². The first-order valence-corrected chi connectivity index (χ1v) is 12.5. The standard InChI is InChI=1S/C23H27N3O3S2/c1-3-29-18-6-9-20-21(16-18)31-23(24-20)26(11-10-25-12-14-28-15-13-25)22(27)17-4-7-19(30-2)8-5-17/h4-9,16H,3,10-15H2,1-2H3. The van der Waals surface area contributed by atoms with Crippen LogP contribution in [-0.4, -0.2) is 68.0 Å². The summed E-state index contributed by atoms with van der Waals surface area (Å²) in [7, 11) is 0. The van der Waals surface area contributed by atoms with Crippen LogP contribution in [0.4, 0.5) is 5.13 Å². The number of hydrogen-bond donors (Lipinski definition) is 0. The molecule has 31 heavy (non-hydrogen) atoms. The van der Waals surface area contributed by atoms with Gasteiger partial charge in [-0.05, 0) is 55.6 Å². The maximum Gasteiger partial charge on any atom is 0.260 e. The number of carbonyl (C=O) groups is 1. The Labute approximate surface area is 191 Å². The molecule has 2 aromatic carbocycles. The van der Waals surface area contributed by atoms with Crippen LogP contribution in [-0.2, 0) is 4.74 Å². The Balaban J connectivity index is 1.61. The smallest absolute Gasteiger partial charge is 0.260 e. The molecular weight excluding hydrogens is 430 g/mol. The summed E-state index contributed by atoms with van der Waals surface area (Å²) >= 11 is 3.20. The van der Waals surface area contributed by atoms with Crippen molar-refractivity contribution in [2.75, 3.05) is 57.2 Å². The Kier molecular flexibility index (Phi) is 7.45. The summed E-state index contributed by atoms with van der Waals surface area (Å²) in [4.78, 5) is 23.5. The lowest BCUT2D eigenvalue weighted by atomic mass is 10.2. The lowest BCUT2D eigenvalue weighted by Gasteiger charge is -2.29. The van der Waals surface area contributed by atoms with E-state index in [1.807, 2.05) is 60.5 Å².